The van der Waals surface area contributed by atoms with Crippen LogP contribution in [0.2, 0.25) is 0 Å². The van der Waals surface area contributed by atoms with Crippen molar-refractivity contribution < 1.29 is 19.1 Å². The maximum Gasteiger partial charge on any atom is 0.337 e. The summed E-state index contributed by atoms with van der Waals surface area (Å²) in [6.45, 7) is 0. The number of carbonyl (C=O) groups excluding carboxylic acids is 2. The molecule has 21 heavy (non-hydrogen) atoms. The van der Waals surface area contributed by atoms with Gasteiger partial charge in [-0.1, -0.05) is 24.3 Å². The van der Waals surface area contributed by atoms with Crippen molar-refractivity contribution in [2.24, 2.45) is 0 Å². The molecule has 0 aromatic heterocycles. The minimum atomic E-state index is -0.394. The second-order valence-corrected chi connectivity index (χ2v) is 4.55. The summed E-state index contributed by atoms with van der Waals surface area (Å²) < 4.78 is 10.2. The van der Waals surface area contributed by atoms with Crippen LogP contribution in [0.3, 0.4) is 0 Å². The summed E-state index contributed by atoms with van der Waals surface area (Å²) in [4.78, 5) is 23.5. The fraction of sp³-hybridized carbons (Fsp3) is 0.0588. The van der Waals surface area contributed by atoms with Gasteiger partial charge in [-0.05, 0) is 35.9 Å². The molecule has 2 aromatic carbocycles. The van der Waals surface area contributed by atoms with Crippen molar-refractivity contribution in [3.63, 3.8) is 0 Å². The molecular weight excluding hydrogens is 268 g/mol. The standard InChI is InChI=1S/C17H12O4/c1-20-17(19)12-8-6-11(7-9-12)10-15-16(18)13-4-2-3-5-14(13)21-15/h2-10H,1H3/b15-10-. The van der Waals surface area contributed by atoms with Gasteiger partial charge in [-0.15, -0.1) is 0 Å². The van der Waals surface area contributed by atoms with Crippen LogP contribution in [0, 0.1) is 0 Å². The molecule has 0 atom stereocenters. The Morgan fingerprint density at radius 2 is 1.81 bits per heavy atom. The molecule has 1 aliphatic rings. The van der Waals surface area contributed by atoms with E-state index in [0.29, 0.717) is 16.9 Å². The Hall–Kier alpha value is -2.88. The Bertz CT molecular complexity index is 742. The van der Waals surface area contributed by atoms with Crippen LogP contribution >= 0.6 is 0 Å². The monoisotopic (exact) mass is 280 g/mol. The zero-order valence-electron chi connectivity index (χ0n) is 11.3. The van der Waals surface area contributed by atoms with Gasteiger partial charge in [0.25, 0.3) is 0 Å². The van der Waals surface area contributed by atoms with Crippen molar-refractivity contribution >= 4 is 17.8 Å². The van der Waals surface area contributed by atoms with Gasteiger partial charge in [-0.2, -0.15) is 0 Å². The van der Waals surface area contributed by atoms with Crippen LogP contribution in [0.5, 0.6) is 5.75 Å². The quantitative estimate of drug-likeness (QED) is 0.626. The van der Waals surface area contributed by atoms with E-state index >= 15 is 0 Å². The highest BCUT2D eigenvalue weighted by Crippen LogP contribution is 2.31. The average molecular weight is 280 g/mol. The van der Waals surface area contributed by atoms with E-state index in [2.05, 4.69) is 4.74 Å². The number of carbonyl (C=O) groups is 2. The van der Waals surface area contributed by atoms with Crippen LogP contribution in [0.25, 0.3) is 6.08 Å². The number of benzene rings is 2. The molecule has 0 unspecified atom stereocenters. The van der Waals surface area contributed by atoms with E-state index < -0.39 is 5.97 Å². The van der Waals surface area contributed by atoms with Crippen molar-refractivity contribution in [2.75, 3.05) is 7.11 Å². The zero-order valence-corrected chi connectivity index (χ0v) is 11.3. The summed E-state index contributed by atoms with van der Waals surface area (Å²) in [5.74, 6) is 0.319. The fourth-order valence-corrected chi connectivity index (χ4v) is 2.12. The van der Waals surface area contributed by atoms with Gasteiger partial charge >= 0.3 is 5.97 Å². The summed E-state index contributed by atoms with van der Waals surface area (Å²) in [5.41, 5.74) is 1.80. The Kier molecular flexibility index (Phi) is 3.28. The average Bonchev–Trinajstić information content (AvgIpc) is 2.84. The molecule has 0 bridgehead atoms. The van der Waals surface area contributed by atoms with E-state index in [-0.39, 0.29) is 11.5 Å². The smallest absolute Gasteiger partial charge is 0.337 e. The number of ether oxygens (including phenoxy) is 2. The first-order chi connectivity index (χ1) is 10.2. The number of para-hydroxylation sites is 1. The second-order valence-electron chi connectivity index (χ2n) is 4.55. The van der Waals surface area contributed by atoms with Crippen LogP contribution in [-0.2, 0) is 4.74 Å². The van der Waals surface area contributed by atoms with Gasteiger partial charge in [0.05, 0.1) is 18.2 Å². The van der Waals surface area contributed by atoms with Gasteiger partial charge in [0.1, 0.15) is 5.75 Å². The number of methoxy groups -OCH3 is 1. The first-order valence-corrected chi connectivity index (χ1v) is 6.40. The first kappa shape index (κ1) is 13.1. The zero-order chi connectivity index (χ0) is 14.8. The Balaban J connectivity index is 1.87. The molecule has 4 heteroatoms. The summed E-state index contributed by atoms with van der Waals surface area (Å²) >= 11 is 0. The van der Waals surface area contributed by atoms with Crippen molar-refractivity contribution in [2.45, 2.75) is 0 Å². The number of hydrogen-bond acceptors (Lipinski definition) is 4. The summed E-state index contributed by atoms with van der Waals surface area (Å²) in [5, 5.41) is 0. The third-order valence-electron chi connectivity index (χ3n) is 3.20. The molecule has 0 amide bonds. The Labute approximate surface area is 121 Å². The molecule has 2 aromatic rings. The third kappa shape index (κ3) is 2.43. The van der Waals surface area contributed by atoms with Crippen LogP contribution in [0.4, 0.5) is 0 Å². The highest BCUT2D eigenvalue weighted by Gasteiger charge is 2.26. The molecular formula is C17H12O4. The van der Waals surface area contributed by atoms with Crippen LogP contribution in [0.1, 0.15) is 26.3 Å². The van der Waals surface area contributed by atoms with Crippen molar-refractivity contribution in [3.8, 4) is 5.75 Å². The Morgan fingerprint density at radius 1 is 1.10 bits per heavy atom. The highest BCUT2D eigenvalue weighted by atomic mass is 16.5. The molecule has 0 saturated heterocycles. The molecule has 104 valence electrons. The van der Waals surface area contributed by atoms with Gasteiger partial charge in [0, 0.05) is 0 Å². The minimum Gasteiger partial charge on any atom is -0.465 e. The third-order valence-corrected chi connectivity index (χ3v) is 3.20. The molecule has 1 heterocycles. The number of esters is 1. The lowest BCUT2D eigenvalue weighted by Crippen LogP contribution is -2.01. The van der Waals surface area contributed by atoms with Crippen molar-refractivity contribution in [1.29, 1.82) is 0 Å². The lowest BCUT2D eigenvalue weighted by Gasteiger charge is -2.01. The molecule has 0 fully saturated rings. The van der Waals surface area contributed by atoms with E-state index in [1.165, 1.54) is 7.11 Å². The molecule has 0 saturated carbocycles. The second kappa shape index (κ2) is 5.25. The van der Waals surface area contributed by atoms with Crippen LogP contribution in [0.15, 0.2) is 54.3 Å². The van der Waals surface area contributed by atoms with E-state index in [9.17, 15) is 9.59 Å². The van der Waals surface area contributed by atoms with E-state index in [1.807, 2.05) is 6.07 Å². The van der Waals surface area contributed by atoms with Crippen molar-refractivity contribution in [3.05, 3.63) is 71.0 Å². The van der Waals surface area contributed by atoms with Gasteiger partial charge in [-0.3, -0.25) is 4.79 Å². The molecule has 0 radical (unpaired) electrons. The molecule has 0 spiro atoms. The fourth-order valence-electron chi connectivity index (χ4n) is 2.12. The molecule has 1 aliphatic heterocycles. The molecule has 0 N–H and O–H groups in total. The molecule has 4 nitrogen and oxygen atoms in total. The number of hydrogen-bond donors (Lipinski definition) is 0. The number of Topliss-reactive ketones (excluding diaryl/α,β-unsaturated/α-hetero) is 1. The summed E-state index contributed by atoms with van der Waals surface area (Å²) in [6.07, 6.45) is 1.66. The largest absolute Gasteiger partial charge is 0.465 e. The maximum absolute atomic E-state index is 12.2. The number of allylic oxidation sites excluding steroid dienone is 1. The van der Waals surface area contributed by atoms with Gasteiger partial charge < -0.3 is 9.47 Å². The summed E-state index contributed by atoms with van der Waals surface area (Å²) in [7, 11) is 1.33. The van der Waals surface area contributed by atoms with Crippen LogP contribution in [-0.4, -0.2) is 18.9 Å². The molecule has 3 rings (SSSR count). The number of fused-ring (bicyclic) bond motifs is 1. The Morgan fingerprint density at radius 3 is 2.48 bits per heavy atom. The summed E-state index contributed by atoms with van der Waals surface area (Å²) in [6, 6.07) is 13.9. The van der Waals surface area contributed by atoms with Crippen LogP contribution < -0.4 is 4.74 Å². The van der Waals surface area contributed by atoms with Gasteiger partial charge in [0.15, 0.2) is 5.76 Å². The maximum atomic E-state index is 12.2. The highest BCUT2D eigenvalue weighted by molar-refractivity contribution is 6.14. The predicted octanol–water partition coefficient (Wildman–Crippen LogP) is 3.09. The number of ketones is 1. The van der Waals surface area contributed by atoms with E-state index in [1.54, 1.807) is 48.5 Å². The van der Waals surface area contributed by atoms with E-state index in [4.69, 9.17) is 4.74 Å². The number of rotatable bonds is 2. The normalized spacial score (nSPS) is 14.7. The lowest BCUT2D eigenvalue weighted by molar-refractivity contribution is 0.0600. The first-order valence-electron chi connectivity index (χ1n) is 6.40. The predicted molar refractivity (Wildman–Crippen MR) is 77.2 cm³/mol. The molecule has 0 aliphatic carbocycles. The minimum absolute atomic E-state index is 0.136. The topological polar surface area (TPSA) is 52.6 Å². The van der Waals surface area contributed by atoms with Gasteiger partial charge in [0.2, 0.25) is 5.78 Å². The van der Waals surface area contributed by atoms with Gasteiger partial charge in [-0.25, -0.2) is 4.79 Å². The SMILES string of the molecule is COC(=O)c1ccc(/C=C2\Oc3ccccc3C2=O)cc1. The van der Waals surface area contributed by atoms with E-state index in [0.717, 1.165) is 5.56 Å². The lowest BCUT2D eigenvalue weighted by atomic mass is 10.1. The van der Waals surface area contributed by atoms with Crippen molar-refractivity contribution in [1.82, 2.24) is 0 Å².